The number of fused-ring (bicyclic) bond motifs is 7. The van der Waals surface area contributed by atoms with E-state index in [4.69, 9.17) is 8.83 Å². The van der Waals surface area contributed by atoms with Crippen molar-refractivity contribution < 1.29 is 8.83 Å². The van der Waals surface area contributed by atoms with Crippen LogP contribution in [0.1, 0.15) is 0 Å². The molecule has 0 unspecified atom stereocenters. The molecule has 0 aliphatic heterocycles. The number of hydrogen-bond acceptors (Lipinski definition) is 3. The quantitative estimate of drug-likeness (QED) is 0.204. The monoisotopic (exact) mass is 577 g/mol. The second kappa shape index (κ2) is 10.3. The molecule has 0 bridgehead atoms. The number of anilines is 3. The minimum Gasteiger partial charge on any atom is -0.456 e. The lowest BCUT2D eigenvalue weighted by Crippen LogP contribution is -2.10. The van der Waals surface area contributed by atoms with Crippen molar-refractivity contribution in [2.45, 2.75) is 0 Å². The third kappa shape index (κ3) is 4.21. The molecule has 0 radical (unpaired) electrons. The summed E-state index contributed by atoms with van der Waals surface area (Å²) in [6, 6.07) is 57.3. The maximum absolute atomic E-state index is 6.69. The zero-order valence-corrected chi connectivity index (χ0v) is 24.4. The minimum absolute atomic E-state index is 0.793. The van der Waals surface area contributed by atoms with Gasteiger partial charge in [-0.15, -0.1) is 0 Å². The van der Waals surface area contributed by atoms with Gasteiger partial charge in [0.1, 0.15) is 22.3 Å². The van der Waals surface area contributed by atoms with Gasteiger partial charge in [0.05, 0.1) is 16.5 Å². The Bertz CT molecular complexity index is 2420. The van der Waals surface area contributed by atoms with Crippen LogP contribution in [-0.2, 0) is 0 Å². The molecule has 45 heavy (non-hydrogen) atoms. The van der Waals surface area contributed by atoms with Gasteiger partial charge in [0.15, 0.2) is 0 Å². The first-order chi connectivity index (χ1) is 22.3. The first kappa shape index (κ1) is 25.4. The van der Waals surface area contributed by atoms with Crippen LogP contribution in [0, 0.1) is 0 Å². The summed E-state index contributed by atoms with van der Waals surface area (Å²) in [5.74, 6) is 0. The summed E-state index contributed by atoms with van der Waals surface area (Å²) in [4.78, 5) is 2.34. The number of para-hydroxylation sites is 3. The molecule has 0 aliphatic carbocycles. The summed E-state index contributed by atoms with van der Waals surface area (Å²) in [7, 11) is 0. The van der Waals surface area contributed by atoms with Crippen LogP contribution < -0.4 is 4.90 Å². The van der Waals surface area contributed by atoms with E-state index >= 15 is 0 Å². The van der Waals surface area contributed by atoms with Crippen molar-refractivity contribution in [1.82, 2.24) is 0 Å². The maximum atomic E-state index is 6.69. The van der Waals surface area contributed by atoms with E-state index in [9.17, 15) is 0 Å². The molecule has 0 fully saturated rings. The fourth-order valence-corrected chi connectivity index (χ4v) is 6.59. The third-order valence-corrected chi connectivity index (χ3v) is 8.61. The van der Waals surface area contributed by atoms with Crippen LogP contribution in [0.4, 0.5) is 17.1 Å². The van der Waals surface area contributed by atoms with Crippen LogP contribution in [0.2, 0.25) is 0 Å². The molecule has 3 heteroatoms. The summed E-state index contributed by atoms with van der Waals surface area (Å²) in [5, 5.41) is 4.17. The summed E-state index contributed by atoms with van der Waals surface area (Å²) in [6.45, 7) is 0. The molecule has 212 valence electrons. The van der Waals surface area contributed by atoms with Gasteiger partial charge in [-0.3, -0.25) is 0 Å². The lowest BCUT2D eigenvalue weighted by Gasteiger charge is -2.27. The van der Waals surface area contributed by atoms with Crippen molar-refractivity contribution in [3.63, 3.8) is 0 Å². The highest BCUT2D eigenvalue weighted by atomic mass is 16.3. The number of benzene rings is 7. The Labute approximate surface area is 260 Å². The maximum Gasteiger partial charge on any atom is 0.149 e. The lowest BCUT2D eigenvalue weighted by molar-refractivity contribution is 0.663. The fourth-order valence-electron chi connectivity index (χ4n) is 6.59. The van der Waals surface area contributed by atoms with Gasteiger partial charge in [-0.25, -0.2) is 0 Å². The summed E-state index contributed by atoms with van der Waals surface area (Å²) in [5.41, 5.74) is 11.0. The van der Waals surface area contributed by atoms with E-state index in [2.05, 4.69) is 144 Å². The Balaban J connectivity index is 1.41. The van der Waals surface area contributed by atoms with Crippen molar-refractivity contribution in [3.8, 4) is 22.3 Å². The average Bonchev–Trinajstić information content (AvgIpc) is 3.68. The molecule has 2 aromatic heterocycles. The predicted octanol–water partition coefficient (Wildman–Crippen LogP) is 12.3. The van der Waals surface area contributed by atoms with Crippen LogP contribution in [0.5, 0.6) is 0 Å². The van der Waals surface area contributed by atoms with Crippen LogP contribution >= 0.6 is 0 Å². The molecular formula is C42H27NO2. The standard InChI is InChI=1S/C42H27NO2/c1-4-14-28(15-5-1)30-24-31(29-16-6-2-7-17-29)26-33(25-30)43(32-18-8-3-9-19-32)36-27-39-41(35-21-11-12-22-37(35)44-39)42-40(36)34-20-10-13-23-38(34)45-42/h1-27H. The SMILES string of the molecule is c1ccc(-c2cc(-c3ccccc3)cc(N(c3ccccc3)c3cc4oc5ccccc5c4c4oc5ccccc5c34)c2)cc1. The van der Waals surface area contributed by atoms with E-state index in [-0.39, 0.29) is 0 Å². The lowest BCUT2D eigenvalue weighted by atomic mass is 9.97. The van der Waals surface area contributed by atoms with Gasteiger partial charge in [0.2, 0.25) is 0 Å². The summed E-state index contributed by atoms with van der Waals surface area (Å²) < 4.78 is 13.2. The normalized spacial score (nSPS) is 11.6. The Kier molecular flexibility index (Phi) is 5.82. The van der Waals surface area contributed by atoms with Gasteiger partial charge in [0, 0.05) is 28.2 Å². The summed E-state index contributed by atoms with van der Waals surface area (Å²) in [6.07, 6.45) is 0. The van der Waals surface area contributed by atoms with Gasteiger partial charge in [-0.2, -0.15) is 0 Å². The van der Waals surface area contributed by atoms with Crippen LogP contribution in [0.15, 0.2) is 173 Å². The molecule has 0 aliphatic rings. The molecular weight excluding hydrogens is 550 g/mol. The first-order valence-electron chi connectivity index (χ1n) is 15.2. The summed E-state index contributed by atoms with van der Waals surface area (Å²) >= 11 is 0. The number of rotatable bonds is 5. The van der Waals surface area contributed by atoms with E-state index in [1.807, 2.05) is 24.3 Å². The van der Waals surface area contributed by atoms with Crippen molar-refractivity contribution in [2.75, 3.05) is 4.90 Å². The molecule has 2 heterocycles. The van der Waals surface area contributed by atoms with Crippen molar-refractivity contribution >= 4 is 60.9 Å². The van der Waals surface area contributed by atoms with E-state index in [1.54, 1.807) is 0 Å². The van der Waals surface area contributed by atoms with Crippen molar-refractivity contribution in [1.29, 1.82) is 0 Å². The smallest absolute Gasteiger partial charge is 0.149 e. The molecule has 0 saturated heterocycles. The molecule has 0 N–H and O–H groups in total. The van der Waals surface area contributed by atoms with E-state index < -0.39 is 0 Å². The van der Waals surface area contributed by atoms with Gasteiger partial charge >= 0.3 is 0 Å². The molecule has 9 rings (SSSR count). The number of hydrogen-bond donors (Lipinski definition) is 0. The molecule has 3 nitrogen and oxygen atoms in total. The molecule has 0 saturated carbocycles. The zero-order valence-electron chi connectivity index (χ0n) is 24.4. The number of furan rings is 2. The molecule has 7 aromatic carbocycles. The van der Waals surface area contributed by atoms with Gasteiger partial charge in [-0.1, -0.05) is 115 Å². The Morgan fingerprint density at radius 2 is 0.867 bits per heavy atom. The van der Waals surface area contributed by atoms with Crippen LogP contribution in [-0.4, -0.2) is 0 Å². The molecule has 9 aromatic rings. The first-order valence-corrected chi connectivity index (χ1v) is 15.2. The fraction of sp³-hybridized carbons (Fsp3) is 0. The van der Waals surface area contributed by atoms with Gasteiger partial charge in [-0.05, 0) is 64.7 Å². The van der Waals surface area contributed by atoms with E-state index in [0.717, 1.165) is 83.2 Å². The Morgan fingerprint density at radius 3 is 1.49 bits per heavy atom. The van der Waals surface area contributed by atoms with Gasteiger partial charge in [0.25, 0.3) is 0 Å². The second-order valence-corrected chi connectivity index (χ2v) is 11.3. The largest absolute Gasteiger partial charge is 0.456 e. The third-order valence-electron chi connectivity index (χ3n) is 8.61. The number of nitrogens with zero attached hydrogens (tertiary/aromatic N) is 1. The Hall–Kier alpha value is -6.06. The van der Waals surface area contributed by atoms with Crippen LogP contribution in [0.3, 0.4) is 0 Å². The van der Waals surface area contributed by atoms with Gasteiger partial charge < -0.3 is 13.7 Å². The zero-order chi connectivity index (χ0) is 29.7. The minimum atomic E-state index is 0.793. The predicted molar refractivity (Wildman–Crippen MR) is 187 cm³/mol. The van der Waals surface area contributed by atoms with E-state index in [0.29, 0.717) is 0 Å². The Morgan fingerprint density at radius 1 is 0.356 bits per heavy atom. The van der Waals surface area contributed by atoms with Crippen molar-refractivity contribution in [3.05, 3.63) is 164 Å². The van der Waals surface area contributed by atoms with Crippen molar-refractivity contribution in [2.24, 2.45) is 0 Å². The highest BCUT2D eigenvalue weighted by Crippen LogP contribution is 2.48. The second-order valence-electron chi connectivity index (χ2n) is 11.3. The van der Waals surface area contributed by atoms with E-state index in [1.165, 1.54) is 0 Å². The topological polar surface area (TPSA) is 29.5 Å². The highest BCUT2D eigenvalue weighted by Gasteiger charge is 2.25. The molecule has 0 amide bonds. The molecule has 0 atom stereocenters. The highest BCUT2D eigenvalue weighted by molar-refractivity contribution is 6.26. The van der Waals surface area contributed by atoms with Crippen LogP contribution in [0.25, 0.3) is 66.1 Å². The molecule has 0 spiro atoms. The average molecular weight is 578 g/mol.